The van der Waals surface area contributed by atoms with Crippen LogP contribution in [0.4, 0.5) is 14.5 Å². The summed E-state index contributed by atoms with van der Waals surface area (Å²) in [4.78, 5) is 32.4. The Hall–Kier alpha value is -2.16. The molecule has 0 saturated carbocycles. The van der Waals surface area contributed by atoms with Crippen molar-refractivity contribution in [2.75, 3.05) is 16.8 Å². The lowest BCUT2D eigenvalue weighted by molar-refractivity contribution is -0.139. The normalized spacial score (nSPS) is 11.5. The summed E-state index contributed by atoms with van der Waals surface area (Å²) in [6.45, 7) is 0. The molecule has 1 unspecified atom stereocenters. The van der Waals surface area contributed by atoms with Gasteiger partial charge in [-0.05, 0) is 12.1 Å². The van der Waals surface area contributed by atoms with E-state index in [1.165, 1.54) is 0 Å². The zero-order valence-corrected chi connectivity index (χ0v) is 11.5. The van der Waals surface area contributed by atoms with Crippen LogP contribution in [0.15, 0.2) is 18.2 Å². The van der Waals surface area contributed by atoms with E-state index in [1.807, 2.05) is 0 Å². The largest absolute Gasteiger partial charge is 0.480 e. The van der Waals surface area contributed by atoms with Gasteiger partial charge in [0.15, 0.2) is 0 Å². The summed E-state index contributed by atoms with van der Waals surface area (Å²) < 4.78 is 25.8. The second kappa shape index (κ2) is 8.20. The second-order valence-corrected chi connectivity index (χ2v) is 4.93. The fourth-order valence-corrected chi connectivity index (χ4v) is 2.22. The van der Waals surface area contributed by atoms with Crippen molar-refractivity contribution in [1.82, 2.24) is 5.32 Å². The quantitative estimate of drug-likeness (QED) is 0.617. The first kappa shape index (κ1) is 16.9. The van der Waals surface area contributed by atoms with Crippen LogP contribution in [0, 0.1) is 11.6 Å². The summed E-state index contributed by atoms with van der Waals surface area (Å²) >= 11 is 0.964. The number of carboxylic acids is 1. The van der Waals surface area contributed by atoms with Crippen molar-refractivity contribution in [2.24, 2.45) is 0 Å². The molecule has 0 aliphatic rings. The van der Waals surface area contributed by atoms with E-state index >= 15 is 0 Å². The van der Waals surface area contributed by atoms with Crippen molar-refractivity contribution < 1.29 is 28.3 Å². The Balaban J connectivity index is 2.43. The third-order valence-electron chi connectivity index (χ3n) is 2.23. The van der Waals surface area contributed by atoms with Gasteiger partial charge in [-0.2, -0.15) is 0 Å². The molecule has 9 heteroatoms. The second-order valence-electron chi connectivity index (χ2n) is 3.90. The van der Waals surface area contributed by atoms with E-state index in [-0.39, 0.29) is 23.6 Å². The van der Waals surface area contributed by atoms with Gasteiger partial charge in [0.05, 0.1) is 5.75 Å². The molecule has 0 aliphatic heterocycles. The molecule has 114 valence electrons. The van der Waals surface area contributed by atoms with Crippen LogP contribution < -0.4 is 10.6 Å². The van der Waals surface area contributed by atoms with Gasteiger partial charge in [0.2, 0.25) is 12.3 Å². The molecule has 0 aliphatic carbocycles. The van der Waals surface area contributed by atoms with Gasteiger partial charge in [0.25, 0.3) is 0 Å². The molecule has 2 amide bonds. The number of carbonyl (C=O) groups is 3. The summed E-state index contributed by atoms with van der Waals surface area (Å²) in [5.41, 5.74) is -0.0288. The number of anilines is 1. The van der Waals surface area contributed by atoms with Crippen molar-refractivity contribution in [3.8, 4) is 0 Å². The van der Waals surface area contributed by atoms with Crippen molar-refractivity contribution in [2.45, 2.75) is 6.04 Å². The van der Waals surface area contributed by atoms with E-state index in [0.29, 0.717) is 6.07 Å². The first-order valence-electron chi connectivity index (χ1n) is 5.68. The molecule has 1 aromatic rings. The highest BCUT2D eigenvalue weighted by molar-refractivity contribution is 8.00. The van der Waals surface area contributed by atoms with E-state index in [9.17, 15) is 23.2 Å². The summed E-state index contributed by atoms with van der Waals surface area (Å²) in [7, 11) is 0. The van der Waals surface area contributed by atoms with Gasteiger partial charge in [-0.15, -0.1) is 11.8 Å². The smallest absolute Gasteiger partial charge is 0.327 e. The fraction of sp³-hybridized carbons (Fsp3) is 0.250. The molecule has 0 aromatic heterocycles. The standard InChI is InChI=1S/C12H12F2N2O4S/c13-7-1-8(14)3-9(2-7)16-11(18)5-21-4-10(12(19)20)15-6-17/h1-3,6,10H,4-5H2,(H,15,17)(H,16,18)(H,19,20). The average molecular weight is 318 g/mol. The molecule has 0 spiro atoms. The van der Waals surface area contributed by atoms with Crippen LogP contribution in [0.1, 0.15) is 0 Å². The van der Waals surface area contributed by atoms with E-state index < -0.39 is 29.6 Å². The third-order valence-corrected chi connectivity index (χ3v) is 3.27. The highest BCUT2D eigenvalue weighted by Crippen LogP contribution is 2.13. The number of hydrogen-bond acceptors (Lipinski definition) is 4. The molecule has 1 rings (SSSR count). The number of thioether (sulfide) groups is 1. The number of amides is 2. The summed E-state index contributed by atoms with van der Waals surface area (Å²) in [6, 6.07) is 1.48. The predicted octanol–water partition coefficient (Wildman–Crippen LogP) is 0.836. The molecule has 0 radical (unpaired) electrons. The monoisotopic (exact) mass is 318 g/mol. The lowest BCUT2D eigenvalue weighted by Gasteiger charge is -2.10. The maximum atomic E-state index is 12.9. The molecule has 1 aromatic carbocycles. The SMILES string of the molecule is O=CNC(CSCC(=O)Nc1cc(F)cc(F)c1)C(=O)O. The van der Waals surface area contributed by atoms with Crippen LogP contribution in [0.5, 0.6) is 0 Å². The molecule has 0 fully saturated rings. The zero-order chi connectivity index (χ0) is 15.8. The van der Waals surface area contributed by atoms with Gasteiger partial charge >= 0.3 is 5.97 Å². The molecule has 0 saturated heterocycles. The van der Waals surface area contributed by atoms with Crippen LogP contribution in [0.3, 0.4) is 0 Å². The van der Waals surface area contributed by atoms with Gasteiger partial charge in [-0.1, -0.05) is 0 Å². The molecule has 3 N–H and O–H groups in total. The van der Waals surface area contributed by atoms with Gasteiger partial charge in [0.1, 0.15) is 17.7 Å². The highest BCUT2D eigenvalue weighted by Gasteiger charge is 2.16. The first-order valence-corrected chi connectivity index (χ1v) is 6.84. The maximum Gasteiger partial charge on any atom is 0.327 e. The number of benzene rings is 1. The molecule has 0 heterocycles. The number of carboxylic acid groups (broad SMARTS) is 1. The third kappa shape index (κ3) is 6.21. The van der Waals surface area contributed by atoms with Crippen LogP contribution in [0.25, 0.3) is 0 Å². The minimum absolute atomic E-state index is 0.0149. The molecule has 0 bridgehead atoms. The van der Waals surface area contributed by atoms with Crippen molar-refractivity contribution in [1.29, 1.82) is 0 Å². The van der Waals surface area contributed by atoms with E-state index in [2.05, 4.69) is 10.6 Å². The van der Waals surface area contributed by atoms with E-state index in [1.54, 1.807) is 0 Å². The summed E-state index contributed by atoms with van der Waals surface area (Å²) in [5.74, 6) is -3.54. The maximum absolute atomic E-state index is 12.9. The number of aliphatic carboxylic acids is 1. The van der Waals surface area contributed by atoms with Crippen LogP contribution in [-0.2, 0) is 14.4 Å². The Morgan fingerprint density at radius 2 is 1.90 bits per heavy atom. The lowest BCUT2D eigenvalue weighted by atomic mass is 10.3. The van der Waals surface area contributed by atoms with Gasteiger partial charge in [-0.3, -0.25) is 9.59 Å². The zero-order valence-electron chi connectivity index (χ0n) is 10.6. The Bertz CT molecular complexity index is 522. The highest BCUT2D eigenvalue weighted by atomic mass is 32.2. The molecular formula is C12H12F2N2O4S. The molecule has 21 heavy (non-hydrogen) atoms. The topological polar surface area (TPSA) is 95.5 Å². The number of nitrogens with one attached hydrogen (secondary N) is 2. The molecule has 1 atom stereocenters. The Labute approximate surface area is 122 Å². The first-order chi connectivity index (χ1) is 9.92. The summed E-state index contributed by atoms with van der Waals surface area (Å²) in [6.07, 6.45) is 0.259. The van der Waals surface area contributed by atoms with Crippen LogP contribution in [-0.4, -0.2) is 40.9 Å². The van der Waals surface area contributed by atoms with Crippen molar-refractivity contribution in [3.05, 3.63) is 29.8 Å². The fourth-order valence-electron chi connectivity index (χ4n) is 1.37. The molecular weight excluding hydrogens is 306 g/mol. The minimum Gasteiger partial charge on any atom is -0.480 e. The Morgan fingerprint density at radius 1 is 1.29 bits per heavy atom. The number of halogens is 2. The number of rotatable bonds is 8. The van der Waals surface area contributed by atoms with E-state index in [4.69, 9.17) is 5.11 Å². The minimum atomic E-state index is -1.22. The van der Waals surface area contributed by atoms with Gasteiger partial charge in [-0.25, -0.2) is 13.6 Å². The van der Waals surface area contributed by atoms with E-state index in [0.717, 1.165) is 23.9 Å². The van der Waals surface area contributed by atoms with Crippen LogP contribution in [0.2, 0.25) is 0 Å². The van der Waals surface area contributed by atoms with Crippen LogP contribution >= 0.6 is 11.8 Å². The predicted molar refractivity (Wildman–Crippen MR) is 72.9 cm³/mol. The molecule has 6 nitrogen and oxygen atoms in total. The Morgan fingerprint density at radius 3 is 2.43 bits per heavy atom. The number of hydrogen-bond donors (Lipinski definition) is 3. The van der Waals surface area contributed by atoms with Crippen molar-refractivity contribution in [3.63, 3.8) is 0 Å². The average Bonchev–Trinajstić information content (AvgIpc) is 2.36. The van der Waals surface area contributed by atoms with Gasteiger partial charge in [0, 0.05) is 17.5 Å². The van der Waals surface area contributed by atoms with Gasteiger partial charge < -0.3 is 15.7 Å². The number of carbonyl (C=O) groups excluding carboxylic acids is 2. The van der Waals surface area contributed by atoms with Crippen molar-refractivity contribution >= 4 is 35.7 Å². The lowest BCUT2D eigenvalue weighted by Crippen LogP contribution is -2.38. The Kier molecular flexibility index (Phi) is 6.60. The summed E-state index contributed by atoms with van der Waals surface area (Å²) in [5, 5.41) is 13.1.